The van der Waals surface area contributed by atoms with Gasteiger partial charge in [-0.2, -0.15) is 0 Å². The van der Waals surface area contributed by atoms with Gasteiger partial charge in [0.2, 0.25) is 0 Å². The van der Waals surface area contributed by atoms with Gasteiger partial charge < -0.3 is 9.47 Å². The van der Waals surface area contributed by atoms with Crippen molar-refractivity contribution in [2.75, 3.05) is 14.2 Å². The van der Waals surface area contributed by atoms with E-state index in [9.17, 15) is 29.4 Å². The van der Waals surface area contributed by atoms with Gasteiger partial charge in [-0.05, 0) is 0 Å². The van der Waals surface area contributed by atoms with Crippen molar-refractivity contribution < 1.29 is 38.9 Å². The molecule has 0 aromatic carbocycles. The molecule has 0 fully saturated rings. The van der Waals surface area contributed by atoms with E-state index < -0.39 is 23.9 Å². The number of methoxy groups -OCH3 is 2. The predicted molar refractivity (Wildman–Crippen MR) is 100.0 cm³/mol. The van der Waals surface area contributed by atoms with E-state index in [4.69, 9.17) is 0 Å². The molecule has 0 rings (SSSR count). The first-order chi connectivity index (χ1) is 12.2. The van der Waals surface area contributed by atoms with E-state index in [1.807, 2.05) is 0 Å². The summed E-state index contributed by atoms with van der Waals surface area (Å²) in [5, 5.41) is 19.2. The molecule has 0 unspecified atom stereocenters. The van der Waals surface area contributed by atoms with Crippen LogP contribution in [0.3, 0.4) is 0 Å². The van der Waals surface area contributed by atoms with Gasteiger partial charge in [0.15, 0.2) is 0 Å². The standard InChI is InChI=1S/2C5H5O4.2C4H9.Sn/c2*1-9-5(8)3-2-4(6)7;2*1-3-4-2;/h2*2-3H,1H3;2*1,3-4H2,2H3;/b2*3-2-;;;. The molecule has 0 aliphatic carbocycles. The molecule has 0 aliphatic heterocycles. The number of rotatable bonds is 6. The molecular formula is C18H28O8Sn. The molecule has 0 amide bonds. The topological polar surface area (TPSA) is 127 Å². The largest absolute Gasteiger partial charge is 0.466 e. The number of esters is 2. The summed E-state index contributed by atoms with van der Waals surface area (Å²) in [5.74, 6) is -4.25. The average Bonchev–Trinajstić information content (AvgIpc) is 2.64. The van der Waals surface area contributed by atoms with Gasteiger partial charge in [0.1, 0.15) is 0 Å². The van der Waals surface area contributed by atoms with E-state index >= 15 is 0 Å². The van der Waals surface area contributed by atoms with Gasteiger partial charge in [-0.3, -0.25) is 0 Å². The van der Waals surface area contributed by atoms with Crippen LogP contribution in [-0.2, 0) is 38.9 Å². The van der Waals surface area contributed by atoms with Crippen LogP contribution in [0.1, 0.15) is 39.5 Å². The van der Waals surface area contributed by atoms with Crippen molar-refractivity contribution in [2.45, 2.75) is 39.5 Å². The first-order valence-electron chi connectivity index (χ1n) is 7.69. The predicted octanol–water partition coefficient (Wildman–Crippen LogP) is 2.21. The van der Waals surface area contributed by atoms with Crippen LogP contribution >= 0.6 is 0 Å². The van der Waals surface area contributed by atoms with E-state index in [1.54, 1.807) is 0 Å². The van der Waals surface area contributed by atoms with Crippen LogP contribution in [0, 0.1) is 13.8 Å². The molecular weight excluding hydrogens is 463 g/mol. The summed E-state index contributed by atoms with van der Waals surface area (Å²) in [5.41, 5.74) is 0. The third kappa shape index (κ3) is 59.2. The number of ether oxygens (including phenoxy) is 2. The zero-order chi connectivity index (χ0) is 21.4. The Hall–Kier alpha value is -1.84. The first kappa shape index (κ1) is 36.1. The maximum absolute atomic E-state index is 10.1. The van der Waals surface area contributed by atoms with Crippen LogP contribution in [0.2, 0.25) is 0 Å². The van der Waals surface area contributed by atoms with Gasteiger partial charge in [-0.1, -0.05) is 53.4 Å². The minimum absolute atomic E-state index is 0. The SMILES string of the molecule is COC(=O)/C=C\C([O])=O.COC(=O)/C=C\C([O])=O.[CH2]CCC.[CH2]CCC.[Sn]. The number of hydrogen-bond donors (Lipinski definition) is 0. The summed E-state index contributed by atoms with van der Waals surface area (Å²) in [4.78, 5) is 39.5. The van der Waals surface area contributed by atoms with Crippen LogP contribution < -0.4 is 0 Å². The Labute approximate surface area is 178 Å². The number of carbonyl (C=O) groups excluding carboxylic acids is 4. The third-order valence-electron chi connectivity index (χ3n) is 1.82. The monoisotopic (exact) mass is 492 g/mol. The summed E-state index contributed by atoms with van der Waals surface area (Å²) in [6.45, 7) is 11.4. The Morgan fingerprint density at radius 2 is 0.926 bits per heavy atom. The van der Waals surface area contributed by atoms with Gasteiger partial charge in [0, 0.05) is 48.2 Å². The van der Waals surface area contributed by atoms with Crippen LogP contribution in [0.4, 0.5) is 0 Å². The summed E-state index contributed by atoms with van der Waals surface area (Å²) in [7, 11) is 2.31. The number of unbranched alkanes of at least 4 members (excludes halogenated alkanes) is 2. The Morgan fingerprint density at radius 1 is 0.704 bits per heavy atom. The van der Waals surface area contributed by atoms with Gasteiger partial charge in [-0.15, -0.1) is 0 Å². The minimum Gasteiger partial charge on any atom is -0.466 e. The molecule has 0 heterocycles. The molecule has 0 aromatic rings. The van der Waals surface area contributed by atoms with E-state index in [1.165, 1.54) is 12.8 Å². The molecule has 8 radical (unpaired) electrons. The van der Waals surface area contributed by atoms with E-state index in [0.717, 1.165) is 39.2 Å². The molecule has 0 saturated heterocycles. The van der Waals surface area contributed by atoms with Gasteiger partial charge in [0.25, 0.3) is 0 Å². The fraction of sp³-hybridized carbons (Fsp3) is 0.444. The Balaban J connectivity index is -0.0000000843. The van der Waals surface area contributed by atoms with Gasteiger partial charge >= 0.3 is 23.9 Å². The van der Waals surface area contributed by atoms with Crippen LogP contribution in [0.25, 0.3) is 0 Å². The second-order valence-electron chi connectivity index (χ2n) is 4.06. The van der Waals surface area contributed by atoms with E-state index in [-0.39, 0.29) is 23.9 Å². The molecule has 8 nitrogen and oxygen atoms in total. The summed E-state index contributed by atoms with van der Waals surface area (Å²) < 4.78 is 8.17. The Bertz CT molecular complexity index is 387. The minimum atomic E-state index is -1.42. The number of carbonyl (C=O) groups is 4. The van der Waals surface area contributed by atoms with Gasteiger partial charge in [-0.25, -0.2) is 29.4 Å². The molecule has 0 spiro atoms. The van der Waals surface area contributed by atoms with Crippen molar-refractivity contribution in [2.24, 2.45) is 0 Å². The quantitative estimate of drug-likeness (QED) is 0.319. The van der Waals surface area contributed by atoms with Crippen molar-refractivity contribution in [3.63, 3.8) is 0 Å². The fourth-order valence-electron chi connectivity index (χ4n) is 0.408. The molecule has 0 N–H and O–H groups in total. The van der Waals surface area contributed by atoms with Crippen molar-refractivity contribution in [3.05, 3.63) is 38.2 Å². The molecule has 0 aliphatic rings. The zero-order valence-electron chi connectivity index (χ0n) is 16.3. The maximum Gasteiger partial charge on any atom is 0.379 e. The Morgan fingerprint density at radius 3 is 1.04 bits per heavy atom. The molecule has 0 atom stereocenters. The molecule has 9 heteroatoms. The third-order valence-corrected chi connectivity index (χ3v) is 1.82. The van der Waals surface area contributed by atoms with E-state index in [2.05, 4.69) is 37.2 Å². The molecule has 0 bridgehead atoms. The van der Waals surface area contributed by atoms with E-state index in [0.29, 0.717) is 12.2 Å². The summed E-state index contributed by atoms with van der Waals surface area (Å²) in [6, 6.07) is 0. The Kier molecular flexibility index (Phi) is 42.7. The second-order valence-corrected chi connectivity index (χ2v) is 4.06. The maximum atomic E-state index is 10.1. The first-order valence-corrected chi connectivity index (χ1v) is 7.69. The number of hydrogen-bond acceptors (Lipinski definition) is 6. The molecule has 0 aromatic heterocycles. The normalized spacial score (nSPS) is 8.52. The summed E-state index contributed by atoms with van der Waals surface area (Å²) in [6.07, 6.45) is 7.31. The van der Waals surface area contributed by atoms with Crippen molar-refractivity contribution in [1.82, 2.24) is 0 Å². The summed E-state index contributed by atoms with van der Waals surface area (Å²) >= 11 is 0. The zero-order valence-corrected chi connectivity index (χ0v) is 19.2. The molecule has 152 valence electrons. The smallest absolute Gasteiger partial charge is 0.379 e. The molecule has 27 heavy (non-hydrogen) atoms. The van der Waals surface area contributed by atoms with Crippen molar-refractivity contribution in [1.29, 1.82) is 0 Å². The second kappa shape index (κ2) is 31.9. The van der Waals surface area contributed by atoms with Crippen molar-refractivity contribution in [3.8, 4) is 0 Å². The van der Waals surface area contributed by atoms with Gasteiger partial charge in [0.05, 0.1) is 14.2 Å². The van der Waals surface area contributed by atoms with Crippen LogP contribution in [0.15, 0.2) is 24.3 Å². The molecule has 0 saturated carbocycles. The van der Waals surface area contributed by atoms with Crippen LogP contribution in [-0.4, -0.2) is 62.0 Å². The average molecular weight is 491 g/mol. The van der Waals surface area contributed by atoms with Crippen molar-refractivity contribution >= 4 is 47.8 Å². The fourth-order valence-corrected chi connectivity index (χ4v) is 0.408. The van der Waals surface area contributed by atoms with Crippen LogP contribution in [0.5, 0.6) is 0 Å².